The van der Waals surface area contributed by atoms with Gasteiger partial charge in [-0.2, -0.15) is 13.2 Å². The molecule has 0 aliphatic carbocycles. The van der Waals surface area contributed by atoms with Crippen LogP contribution in [0, 0.1) is 11.8 Å². The number of carboxylic acid groups (broad SMARTS) is 2. The van der Waals surface area contributed by atoms with Gasteiger partial charge >= 0.3 is 18.1 Å². The lowest BCUT2D eigenvalue weighted by Gasteiger charge is -2.30. The fraction of sp³-hybridized carbons (Fsp3) is 0.440. The summed E-state index contributed by atoms with van der Waals surface area (Å²) in [6.07, 6.45) is -4.26. The molecule has 0 saturated heterocycles. The number of aryl methyl sites for hydroxylation is 1. The fourth-order valence-electron chi connectivity index (χ4n) is 3.32. The Morgan fingerprint density at radius 1 is 0.946 bits per heavy atom. The number of carbonyl (C=O) groups is 2. The van der Waals surface area contributed by atoms with E-state index in [2.05, 4.69) is 37.3 Å². The molecule has 0 saturated carbocycles. The van der Waals surface area contributed by atoms with E-state index in [1.54, 1.807) is 36.4 Å². The predicted octanol–water partition coefficient (Wildman–Crippen LogP) is 5.50. The fourth-order valence-corrected chi connectivity index (χ4v) is 4.37. The molecule has 0 aliphatic heterocycles. The highest BCUT2D eigenvalue weighted by Gasteiger charge is 2.38. The second-order valence-electron chi connectivity index (χ2n) is 9.14. The molecule has 0 aliphatic rings. The van der Waals surface area contributed by atoms with Gasteiger partial charge in [0.1, 0.15) is 0 Å². The van der Waals surface area contributed by atoms with Gasteiger partial charge in [-0.1, -0.05) is 46.8 Å². The number of aliphatic carboxylic acids is 1. The molecule has 2 aromatic rings. The minimum Gasteiger partial charge on any atom is -0.478 e. The van der Waals surface area contributed by atoms with Crippen LogP contribution in [0.1, 0.15) is 50.5 Å². The summed E-state index contributed by atoms with van der Waals surface area (Å²) in [4.78, 5) is 23.0. The van der Waals surface area contributed by atoms with Gasteiger partial charge in [0.05, 0.1) is 16.1 Å². The SMILES string of the molecule is CCc1ccc(S(=O)(=O)Nc2ccc(N(CC(C)C)CC(C)C)c(C(=O)O)c2)cc1.O=C(O)C(F)(F)F. The first-order chi connectivity index (χ1) is 17.0. The van der Waals surface area contributed by atoms with E-state index >= 15 is 0 Å². The molecular formula is C25H33F3N2O6S. The number of alkyl halides is 3. The van der Waals surface area contributed by atoms with Crippen LogP contribution in [0.25, 0.3) is 0 Å². The highest BCUT2D eigenvalue weighted by Crippen LogP contribution is 2.28. The molecule has 0 heterocycles. The van der Waals surface area contributed by atoms with Crippen molar-refractivity contribution in [2.45, 2.75) is 52.1 Å². The third kappa shape index (κ3) is 10.3. The third-order valence-electron chi connectivity index (χ3n) is 4.88. The maximum atomic E-state index is 12.7. The summed E-state index contributed by atoms with van der Waals surface area (Å²) >= 11 is 0. The lowest BCUT2D eigenvalue weighted by Crippen LogP contribution is -2.32. The number of nitrogens with zero attached hydrogens (tertiary/aromatic N) is 1. The molecule has 12 heteroatoms. The van der Waals surface area contributed by atoms with Crippen LogP contribution in [0.3, 0.4) is 0 Å². The number of aromatic carboxylic acids is 1. The van der Waals surface area contributed by atoms with Crippen molar-refractivity contribution in [3.63, 3.8) is 0 Å². The first-order valence-corrected chi connectivity index (χ1v) is 13.0. The molecule has 0 aromatic heterocycles. The van der Waals surface area contributed by atoms with E-state index in [-0.39, 0.29) is 16.1 Å². The Labute approximate surface area is 215 Å². The minimum absolute atomic E-state index is 0.0813. The van der Waals surface area contributed by atoms with E-state index in [1.807, 2.05) is 6.92 Å². The van der Waals surface area contributed by atoms with Crippen molar-refractivity contribution >= 4 is 33.3 Å². The van der Waals surface area contributed by atoms with Gasteiger partial charge in [0.15, 0.2) is 0 Å². The monoisotopic (exact) mass is 546 g/mol. The van der Waals surface area contributed by atoms with Gasteiger partial charge < -0.3 is 15.1 Å². The van der Waals surface area contributed by atoms with Gasteiger partial charge in [0.2, 0.25) is 0 Å². The Bertz CT molecular complexity index is 1150. The molecule has 0 bridgehead atoms. The zero-order valence-corrected chi connectivity index (χ0v) is 22.2. The summed E-state index contributed by atoms with van der Waals surface area (Å²) in [6, 6.07) is 11.4. The van der Waals surface area contributed by atoms with Crippen molar-refractivity contribution < 1.29 is 41.4 Å². The Morgan fingerprint density at radius 3 is 1.81 bits per heavy atom. The summed E-state index contributed by atoms with van der Waals surface area (Å²) in [6.45, 7) is 11.8. The highest BCUT2D eigenvalue weighted by atomic mass is 32.2. The smallest absolute Gasteiger partial charge is 0.478 e. The summed E-state index contributed by atoms with van der Waals surface area (Å²) in [5.74, 6) is -3.13. The molecule has 0 fully saturated rings. The number of rotatable bonds is 10. The van der Waals surface area contributed by atoms with E-state index < -0.39 is 28.1 Å². The van der Waals surface area contributed by atoms with Gasteiger partial charge in [-0.05, 0) is 54.2 Å². The Kier molecular flexibility index (Phi) is 11.4. The lowest BCUT2D eigenvalue weighted by atomic mass is 10.1. The van der Waals surface area contributed by atoms with E-state index in [9.17, 15) is 31.5 Å². The van der Waals surface area contributed by atoms with E-state index in [0.717, 1.165) is 12.0 Å². The van der Waals surface area contributed by atoms with E-state index in [1.165, 1.54) is 6.07 Å². The van der Waals surface area contributed by atoms with Gasteiger partial charge in [0, 0.05) is 18.8 Å². The third-order valence-corrected chi connectivity index (χ3v) is 6.27. The van der Waals surface area contributed by atoms with Gasteiger partial charge in [-0.25, -0.2) is 18.0 Å². The molecule has 206 valence electrons. The van der Waals surface area contributed by atoms with Crippen LogP contribution in [0.4, 0.5) is 24.5 Å². The largest absolute Gasteiger partial charge is 0.490 e. The summed E-state index contributed by atoms with van der Waals surface area (Å²) < 4.78 is 59.7. The number of hydrogen-bond donors (Lipinski definition) is 3. The summed E-state index contributed by atoms with van der Waals surface area (Å²) in [7, 11) is -3.81. The predicted molar refractivity (Wildman–Crippen MR) is 136 cm³/mol. The Hall–Kier alpha value is -3.28. The molecule has 0 atom stereocenters. The quantitative estimate of drug-likeness (QED) is 0.359. The molecule has 0 amide bonds. The Balaban J connectivity index is 0.000000856. The van der Waals surface area contributed by atoms with Crippen LogP contribution < -0.4 is 9.62 Å². The van der Waals surface area contributed by atoms with Crippen molar-refractivity contribution in [3.8, 4) is 0 Å². The normalized spacial score (nSPS) is 11.6. The molecule has 37 heavy (non-hydrogen) atoms. The maximum Gasteiger partial charge on any atom is 0.490 e. The van der Waals surface area contributed by atoms with Crippen molar-refractivity contribution in [1.29, 1.82) is 0 Å². The van der Waals surface area contributed by atoms with Crippen LogP contribution in [0.15, 0.2) is 47.4 Å². The average molecular weight is 547 g/mol. The number of benzene rings is 2. The standard InChI is InChI=1S/C23H32N2O4S.C2HF3O2/c1-6-18-7-10-20(11-8-18)30(28,29)24-19-9-12-22(21(13-19)23(26)27)25(14-16(2)3)15-17(4)5;3-2(4,5)1(6)7/h7-13,16-17,24H,6,14-15H2,1-5H3,(H,26,27);(H,6,7). The average Bonchev–Trinajstić information content (AvgIpc) is 2.77. The molecular weight excluding hydrogens is 513 g/mol. The summed E-state index contributed by atoms with van der Waals surface area (Å²) in [5, 5.41) is 16.9. The second-order valence-corrected chi connectivity index (χ2v) is 10.8. The molecule has 2 aromatic carbocycles. The minimum atomic E-state index is -5.08. The first-order valence-electron chi connectivity index (χ1n) is 11.5. The Morgan fingerprint density at radius 2 is 1.43 bits per heavy atom. The van der Waals surface area contributed by atoms with Crippen molar-refractivity contribution in [2.75, 3.05) is 22.7 Å². The first kappa shape index (κ1) is 31.7. The summed E-state index contributed by atoms with van der Waals surface area (Å²) in [5.41, 5.74) is 1.95. The van der Waals surface area contributed by atoms with Crippen LogP contribution in [0.2, 0.25) is 0 Å². The highest BCUT2D eigenvalue weighted by molar-refractivity contribution is 7.92. The van der Waals surface area contributed by atoms with Gasteiger partial charge in [-0.3, -0.25) is 4.72 Å². The molecule has 0 spiro atoms. The number of anilines is 2. The molecule has 3 N–H and O–H groups in total. The van der Waals surface area contributed by atoms with Gasteiger partial charge in [-0.15, -0.1) is 0 Å². The molecule has 8 nitrogen and oxygen atoms in total. The zero-order valence-electron chi connectivity index (χ0n) is 21.3. The van der Waals surface area contributed by atoms with Crippen molar-refractivity contribution in [1.82, 2.24) is 0 Å². The number of nitrogens with one attached hydrogen (secondary N) is 1. The molecule has 2 rings (SSSR count). The van der Waals surface area contributed by atoms with Gasteiger partial charge in [0.25, 0.3) is 10.0 Å². The molecule has 0 radical (unpaired) electrons. The zero-order chi connectivity index (χ0) is 28.6. The van der Waals surface area contributed by atoms with E-state index in [4.69, 9.17) is 9.90 Å². The van der Waals surface area contributed by atoms with Crippen molar-refractivity contribution in [2.24, 2.45) is 11.8 Å². The van der Waals surface area contributed by atoms with Crippen LogP contribution >= 0.6 is 0 Å². The van der Waals surface area contributed by atoms with Crippen LogP contribution in [-0.4, -0.2) is 49.8 Å². The van der Waals surface area contributed by atoms with Crippen LogP contribution in [-0.2, 0) is 21.2 Å². The van der Waals surface area contributed by atoms with E-state index in [0.29, 0.717) is 30.6 Å². The number of carboxylic acids is 2. The van der Waals surface area contributed by atoms with Crippen LogP contribution in [0.5, 0.6) is 0 Å². The lowest BCUT2D eigenvalue weighted by molar-refractivity contribution is -0.192. The number of halogens is 3. The number of sulfonamides is 1. The topological polar surface area (TPSA) is 124 Å². The maximum absolute atomic E-state index is 12.7. The second kappa shape index (κ2) is 13.3. The number of hydrogen-bond acceptors (Lipinski definition) is 5. The van der Waals surface area contributed by atoms with Crippen molar-refractivity contribution in [3.05, 3.63) is 53.6 Å². The molecule has 0 unspecified atom stereocenters.